The lowest BCUT2D eigenvalue weighted by atomic mass is 9.94. The first kappa shape index (κ1) is 27.1. The van der Waals surface area contributed by atoms with Gasteiger partial charge in [-0.05, 0) is 62.4 Å². The first-order valence-electron chi connectivity index (χ1n) is 11.6. The number of guanidine groups is 1. The molecule has 0 aliphatic carbocycles. The molecule has 2 aromatic rings. The number of hydrogen-bond acceptors (Lipinski definition) is 3. The van der Waals surface area contributed by atoms with Gasteiger partial charge < -0.3 is 16.0 Å². The third-order valence-corrected chi connectivity index (χ3v) is 6.08. The molecule has 1 heterocycles. The van der Waals surface area contributed by atoms with Crippen LogP contribution in [0.3, 0.4) is 0 Å². The standard InChI is InChI=1S/C26H37N5O.HI/c1-5-28-25(29-15-13-20-9-8-12-22(17-20)24(32)27-4)30-19-26(2,3)31-16-14-21-10-6-7-11-23(21)18-31;/h6-12,17H,5,13-16,18-19H2,1-4H3,(H,27,32)(H2,28,29,30);1H. The normalized spacial score (nSPS) is 14.1. The van der Waals surface area contributed by atoms with Crippen LogP contribution in [0.15, 0.2) is 53.5 Å². The van der Waals surface area contributed by atoms with E-state index in [2.05, 4.69) is 72.0 Å². The van der Waals surface area contributed by atoms with Crippen LogP contribution in [0.2, 0.25) is 0 Å². The highest BCUT2D eigenvalue weighted by Gasteiger charge is 2.29. The molecule has 33 heavy (non-hydrogen) atoms. The number of fused-ring (bicyclic) bond motifs is 1. The summed E-state index contributed by atoms with van der Waals surface area (Å²) in [4.78, 5) is 19.3. The van der Waals surface area contributed by atoms with Gasteiger partial charge in [0.15, 0.2) is 5.96 Å². The van der Waals surface area contributed by atoms with Gasteiger partial charge in [0.25, 0.3) is 5.91 Å². The van der Waals surface area contributed by atoms with Crippen molar-refractivity contribution in [2.45, 2.75) is 45.7 Å². The second-order valence-electron chi connectivity index (χ2n) is 8.90. The lowest BCUT2D eigenvalue weighted by molar-refractivity contribution is 0.0963. The van der Waals surface area contributed by atoms with Gasteiger partial charge in [0.1, 0.15) is 0 Å². The molecule has 7 heteroatoms. The number of hydrogen-bond donors (Lipinski definition) is 3. The van der Waals surface area contributed by atoms with Crippen LogP contribution in [0.25, 0.3) is 0 Å². The Bertz CT molecular complexity index is 944. The summed E-state index contributed by atoms with van der Waals surface area (Å²) in [5, 5.41) is 9.47. The van der Waals surface area contributed by atoms with Gasteiger partial charge in [0.05, 0.1) is 6.54 Å². The van der Waals surface area contributed by atoms with Gasteiger partial charge in [0.2, 0.25) is 0 Å². The Morgan fingerprint density at radius 2 is 1.85 bits per heavy atom. The maximum Gasteiger partial charge on any atom is 0.251 e. The van der Waals surface area contributed by atoms with Crippen molar-refractivity contribution in [3.63, 3.8) is 0 Å². The number of nitrogens with zero attached hydrogens (tertiary/aromatic N) is 2. The zero-order valence-corrected chi connectivity index (χ0v) is 22.6. The van der Waals surface area contributed by atoms with Crippen LogP contribution in [-0.4, -0.2) is 55.5 Å². The SMILES string of the molecule is CCNC(=NCC(C)(C)N1CCc2ccccc2C1)NCCc1cccc(C(=O)NC)c1.I. The van der Waals surface area contributed by atoms with Crippen molar-refractivity contribution in [3.05, 3.63) is 70.8 Å². The Morgan fingerprint density at radius 1 is 1.09 bits per heavy atom. The van der Waals surface area contributed by atoms with Crippen LogP contribution in [0, 0.1) is 0 Å². The highest BCUT2D eigenvalue weighted by Crippen LogP contribution is 2.25. The number of aliphatic imine (C=N–C) groups is 1. The van der Waals surface area contributed by atoms with Crippen molar-refractivity contribution >= 4 is 35.8 Å². The van der Waals surface area contributed by atoms with Crippen molar-refractivity contribution in [2.24, 2.45) is 4.99 Å². The zero-order chi connectivity index (χ0) is 23.0. The topological polar surface area (TPSA) is 68.8 Å². The third-order valence-electron chi connectivity index (χ3n) is 6.08. The summed E-state index contributed by atoms with van der Waals surface area (Å²) in [6.45, 7) is 11.0. The van der Waals surface area contributed by atoms with E-state index in [1.807, 2.05) is 18.2 Å². The summed E-state index contributed by atoms with van der Waals surface area (Å²) in [7, 11) is 1.65. The van der Waals surface area contributed by atoms with Crippen molar-refractivity contribution in [1.29, 1.82) is 0 Å². The molecule has 1 aliphatic heterocycles. The van der Waals surface area contributed by atoms with Gasteiger partial charge >= 0.3 is 0 Å². The van der Waals surface area contributed by atoms with Crippen LogP contribution in [-0.2, 0) is 19.4 Å². The Kier molecular flexibility index (Phi) is 10.6. The summed E-state index contributed by atoms with van der Waals surface area (Å²) in [5.41, 5.74) is 4.69. The van der Waals surface area contributed by atoms with Crippen molar-refractivity contribution < 1.29 is 4.79 Å². The van der Waals surface area contributed by atoms with Crippen LogP contribution in [0.4, 0.5) is 0 Å². The smallest absolute Gasteiger partial charge is 0.251 e. The van der Waals surface area contributed by atoms with Crippen LogP contribution in [0.1, 0.15) is 47.8 Å². The fourth-order valence-electron chi connectivity index (χ4n) is 4.06. The summed E-state index contributed by atoms with van der Waals surface area (Å²) in [6.07, 6.45) is 1.91. The molecule has 0 fully saturated rings. The van der Waals surface area contributed by atoms with Crippen LogP contribution < -0.4 is 16.0 Å². The summed E-state index contributed by atoms with van der Waals surface area (Å²) in [5.74, 6) is 0.776. The van der Waals surface area contributed by atoms with E-state index in [4.69, 9.17) is 4.99 Å². The first-order valence-corrected chi connectivity index (χ1v) is 11.6. The minimum Gasteiger partial charge on any atom is -0.357 e. The molecule has 0 radical (unpaired) electrons. The first-order chi connectivity index (χ1) is 15.4. The summed E-state index contributed by atoms with van der Waals surface area (Å²) in [6, 6.07) is 16.5. The number of rotatable bonds is 8. The summed E-state index contributed by atoms with van der Waals surface area (Å²) >= 11 is 0. The van der Waals surface area contributed by atoms with Gasteiger partial charge in [-0.15, -0.1) is 24.0 Å². The number of carbonyl (C=O) groups excluding carboxylic acids is 1. The average Bonchev–Trinajstić information content (AvgIpc) is 2.82. The molecular weight excluding hydrogens is 525 g/mol. The lowest BCUT2D eigenvalue weighted by Gasteiger charge is -2.40. The number of nitrogens with one attached hydrogen (secondary N) is 3. The fraction of sp³-hybridized carbons (Fsp3) is 0.462. The molecule has 0 aromatic heterocycles. The van der Waals surface area contributed by atoms with E-state index in [-0.39, 0.29) is 35.4 Å². The molecule has 0 spiro atoms. The van der Waals surface area contributed by atoms with Gasteiger partial charge in [-0.2, -0.15) is 0 Å². The number of benzene rings is 2. The second-order valence-corrected chi connectivity index (χ2v) is 8.90. The maximum atomic E-state index is 11.9. The highest BCUT2D eigenvalue weighted by molar-refractivity contribution is 14.0. The van der Waals surface area contributed by atoms with E-state index in [9.17, 15) is 4.79 Å². The Morgan fingerprint density at radius 3 is 2.58 bits per heavy atom. The molecule has 3 N–H and O–H groups in total. The van der Waals surface area contributed by atoms with E-state index >= 15 is 0 Å². The monoisotopic (exact) mass is 563 g/mol. The molecule has 180 valence electrons. The van der Waals surface area contributed by atoms with E-state index in [0.717, 1.165) is 57.1 Å². The minimum atomic E-state index is -0.0581. The molecule has 0 unspecified atom stereocenters. The van der Waals surface area contributed by atoms with E-state index in [1.54, 1.807) is 7.05 Å². The molecule has 0 saturated heterocycles. The number of carbonyl (C=O) groups is 1. The predicted octanol–water partition coefficient (Wildman–Crippen LogP) is 3.60. The number of halogens is 1. The quantitative estimate of drug-likeness (QED) is 0.261. The van der Waals surface area contributed by atoms with Gasteiger partial charge in [0, 0.05) is 44.3 Å². The Hall–Kier alpha value is -2.13. The minimum absolute atomic E-state index is 0. The summed E-state index contributed by atoms with van der Waals surface area (Å²) < 4.78 is 0. The molecule has 0 saturated carbocycles. The zero-order valence-electron chi connectivity index (χ0n) is 20.3. The van der Waals surface area contributed by atoms with Crippen molar-refractivity contribution in [1.82, 2.24) is 20.9 Å². The average molecular weight is 564 g/mol. The van der Waals surface area contributed by atoms with E-state index < -0.39 is 0 Å². The molecule has 0 bridgehead atoms. The largest absolute Gasteiger partial charge is 0.357 e. The van der Waals surface area contributed by atoms with Crippen LogP contribution in [0.5, 0.6) is 0 Å². The van der Waals surface area contributed by atoms with Gasteiger partial charge in [-0.1, -0.05) is 36.4 Å². The molecule has 0 atom stereocenters. The Labute approximate surface area is 215 Å². The molecule has 6 nitrogen and oxygen atoms in total. The number of amides is 1. The predicted molar refractivity (Wildman–Crippen MR) is 148 cm³/mol. The van der Waals surface area contributed by atoms with Crippen molar-refractivity contribution in [3.8, 4) is 0 Å². The fourth-order valence-corrected chi connectivity index (χ4v) is 4.06. The van der Waals surface area contributed by atoms with E-state index in [1.165, 1.54) is 11.1 Å². The molecule has 3 rings (SSSR count). The van der Waals surface area contributed by atoms with Gasteiger partial charge in [-0.25, -0.2) is 0 Å². The highest BCUT2D eigenvalue weighted by atomic mass is 127. The molecule has 1 aliphatic rings. The van der Waals surface area contributed by atoms with Crippen molar-refractivity contribution in [2.75, 3.05) is 33.2 Å². The molecule has 1 amide bonds. The van der Waals surface area contributed by atoms with Gasteiger partial charge in [-0.3, -0.25) is 14.7 Å². The third kappa shape index (κ3) is 7.71. The molecule has 2 aromatic carbocycles. The van der Waals surface area contributed by atoms with Crippen LogP contribution >= 0.6 is 24.0 Å². The Balaban J connectivity index is 0.00000385. The lowest BCUT2D eigenvalue weighted by Crippen LogP contribution is -2.49. The van der Waals surface area contributed by atoms with E-state index in [0.29, 0.717) is 5.56 Å². The molecular formula is C26H38IN5O. The second kappa shape index (κ2) is 12.9. The maximum absolute atomic E-state index is 11.9.